The molecule has 1 N–H and O–H groups in total. The van der Waals surface area contributed by atoms with Gasteiger partial charge in [-0.3, -0.25) is 0 Å². The zero-order valence-corrected chi connectivity index (χ0v) is 8.84. The molecular weight excluding hydrogens is 228 g/mol. The fourth-order valence-corrected chi connectivity index (χ4v) is 1.10. The zero-order valence-electron chi connectivity index (χ0n) is 7.26. The van der Waals surface area contributed by atoms with E-state index in [1.807, 2.05) is 24.3 Å². The topological polar surface area (TPSA) is 20.2 Å². The predicted molar refractivity (Wildman–Crippen MR) is 57.7 cm³/mol. The van der Waals surface area contributed by atoms with E-state index in [0.717, 1.165) is 22.9 Å². The number of halogens is 1. The lowest BCUT2D eigenvalue weighted by molar-refractivity contribution is 0.282. The molecule has 68 valence electrons. The van der Waals surface area contributed by atoms with Gasteiger partial charge in [0.1, 0.15) is 0 Å². The molecule has 2 heteroatoms. The second-order valence-corrected chi connectivity index (χ2v) is 3.39. The van der Waals surface area contributed by atoms with Gasteiger partial charge in [0.15, 0.2) is 0 Å². The molecule has 0 radical (unpaired) electrons. The molecule has 0 aliphatic heterocycles. The Labute approximate surface area is 86.9 Å². The summed E-state index contributed by atoms with van der Waals surface area (Å²) in [5, 5.41) is 9.71. The Morgan fingerprint density at radius 2 is 1.92 bits per heavy atom. The van der Waals surface area contributed by atoms with Crippen molar-refractivity contribution >= 4 is 15.9 Å². The quantitative estimate of drug-likeness (QED) is 0.620. The first kappa shape index (κ1) is 10.3. The van der Waals surface area contributed by atoms with E-state index in [1.54, 1.807) is 0 Å². The van der Waals surface area contributed by atoms with Crippen LogP contribution < -0.4 is 0 Å². The van der Waals surface area contributed by atoms with Gasteiger partial charge in [-0.2, -0.15) is 0 Å². The fraction of sp³-hybridized carbons (Fsp3) is 0.273. The van der Waals surface area contributed by atoms with Crippen LogP contribution in [0.25, 0.3) is 0 Å². The average molecular weight is 239 g/mol. The highest BCUT2D eigenvalue weighted by molar-refractivity contribution is 9.09. The molecule has 0 spiro atoms. The van der Waals surface area contributed by atoms with E-state index in [2.05, 4.69) is 27.8 Å². The number of hydrogen-bond acceptors (Lipinski definition) is 1. The molecule has 1 aromatic carbocycles. The molecular formula is C11H11BrO. The summed E-state index contributed by atoms with van der Waals surface area (Å²) in [5.74, 6) is 6.06. The second-order valence-electron chi connectivity index (χ2n) is 2.60. The Kier molecular flexibility index (Phi) is 4.59. The van der Waals surface area contributed by atoms with Gasteiger partial charge in [-0.25, -0.2) is 0 Å². The molecule has 0 atom stereocenters. The summed E-state index contributed by atoms with van der Waals surface area (Å²) >= 11 is 3.31. The van der Waals surface area contributed by atoms with Gasteiger partial charge >= 0.3 is 0 Å². The third kappa shape index (κ3) is 3.63. The summed E-state index contributed by atoms with van der Waals surface area (Å²) in [6.45, 7) is 0.0924. The number of hydrogen-bond donors (Lipinski definition) is 1. The maximum Gasteiger partial charge on any atom is 0.0681 e. The number of benzene rings is 1. The second kappa shape index (κ2) is 5.80. The highest BCUT2D eigenvalue weighted by Gasteiger charge is 1.88. The molecule has 0 aliphatic carbocycles. The first-order valence-corrected chi connectivity index (χ1v) is 5.23. The lowest BCUT2D eigenvalue weighted by atomic mass is 10.1. The number of alkyl halides is 1. The van der Waals surface area contributed by atoms with E-state index in [0.29, 0.717) is 0 Å². The van der Waals surface area contributed by atoms with Gasteiger partial charge in [0.25, 0.3) is 0 Å². The molecule has 0 fully saturated rings. The van der Waals surface area contributed by atoms with Crippen LogP contribution in [0.15, 0.2) is 24.3 Å². The summed E-state index contributed by atoms with van der Waals surface area (Å²) in [5.41, 5.74) is 1.92. The average Bonchev–Trinajstić information content (AvgIpc) is 2.19. The van der Waals surface area contributed by atoms with Gasteiger partial charge in [-0.05, 0) is 17.7 Å². The van der Waals surface area contributed by atoms with Crippen molar-refractivity contribution in [2.24, 2.45) is 0 Å². The van der Waals surface area contributed by atoms with Gasteiger partial charge in [0.2, 0.25) is 0 Å². The van der Waals surface area contributed by atoms with E-state index in [1.165, 1.54) is 0 Å². The minimum Gasteiger partial charge on any atom is -0.392 e. The maximum absolute atomic E-state index is 8.80. The van der Waals surface area contributed by atoms with Crippen molar-refractivity contribution < 1.29 is 5.11 Å². The lowest BCUT2D eigenvalue weighted by Gasteiger charge is -1.94. The van der Waals surface area contributed by atoms with E-state index in [-0.39, 0.29) is 6.61 Å². The van der Waals surface area contributed by atoms with Crippen molar-refractivity contribution in [1.82, 2.24) is 0 Å². The Morgan fingerprint density at radius 1 is 1.23 bits per heavy atom. The highest BCUT2D eigenvalue weighted by atomic mass is 79.9. The van der Waals surface area contributed by atoms with Crippen LogP contribution in [-0.4, -0.2) is 10.4 Å². The summed E-state index contributed by atoms with van der Waals surface area (Å²) in [6.07, 6.45) is 0.863. The molecule has 0 saturated heterocycles. The van der Waals surface area contributed by atoms with Crippen LogP contribution in [0.4, 0.5) is 0 Å². The summed E-state index contributed by atoms with van der Waals surface area (Å²) in [6, 6.07) is 7.62. The smallest absolute Gasteiger partial charge is 0.0681 e. The van der Waals surface area contributed by atoms with Crippen LogP contribution in [0.2, 0.25) is 0 Å². The fourth-order valence-electron chi connectivity index (χ4n) is 0.905. The molecule has 0 aliphatic rings. The first-order valence-electron chi connectivity index (χ1n) is 4.11. The Morgan fingerprint density at radius 3 is 2.46 bits per heavy atom. The van der Waals surface area contributed by atoms with Gasteiger partial charge in [-0.15, -0.1) is 0 Å². The van der Waals surface area contributed by atoms with Gasteiger partial charge < -0.3 is 5.11 Å². The van der Waals surface area contributed by atoms with Crippen molar-refractivity contribution in [3.63, 3.8) is 0 Å². The summed E-state index contributed by atoms with van der Waals surface area (Å²) < 4.78 is 0. The van der Waals surface area contributed by atoms with Crippen molar-refractivity contribution in [3.8, 4) is 11.8 Å². The normalized spacial score (nSPS) is 9.08. The minimum absolute atomic E-state index is 0.0924. The van der Waals surface area contributed by atoms with Crippen molar-refractivity contribution in [1.29, 1.82) is 0 Å². The minimum atomic E-state index is 0.0924. The monoisotopic (exact) mass is 238 g/mol. The van der Waals surface area contributed by atoms with Crippen molar-refractivity contribution in [2.75, 3.05) is 5.33 Å². The van der Waals surface area contributed by atoms with Gasteiger partial charge in [0, 0.05) is 17.3 Å². The third-order valence-corrected chi connectivity index (χ3v) is 1.99. The van der Waals surface area contributed by atoms with E-state index in [9.17, 15) is 0 Å². The Hall–Kier alpha value is -0.780. The van der Waals surface area contributed by atoms with E-state index >= 15 is 0 Å². The SMILES string of the molecule is OCc1ccc(C#CCCBr)cc1. The predicted octanol–water partition coefficient (Wildman–Crippen LogP) is 2.32. The van der Waals surface area contributed by atoms with Gasteiger partial charge in [-0.1, -0.05) is 39.9 Å². The molecule has 1 aromatic rings. The number of rotatable bonds is 2. The summed E-state index contributed by atoms with van der Waals surface area (Å²) in [4.78, 5) is 0. The lowest BCUT2D eigenvalue weighted by Crippen LogP contribution is -1.82. The standard InChI is InChI=1S/C11H11BrO/c12-8-2-1-3-10-4-6-11(9-13)7-5-10/h4-7,13H,2,8-9H2. The summed E-state index contributed by atoms with van der Waals surface area (Å²) in [7, 11) is 0. The van der Waals surface area contributed by atoms with Crippen molar-refractivity contribution in [3.05, 3.63) is 35.4 Å². The van der Waals surface area contributed by atoms with Crippen LogP contribution in [-0.2, 0) is 6.61 Å². The molecule has 1 rings (SSSR count). The Balaban J connectivity index is 2.65. The van der Waals surface area contributed by atoms with Crippen LogP contribution in [0.3, 0.4) is 0 Å². The number of aliphatic hydroxyl groups is 1. The van der Waals surface area contributed by atoms with Crippen molar-refractivity contribution in [2.45, 2.75) is 13.0 Å². The molecule has 0 aromatic heterocycles. The van der Waals surface area contributed by atoms with Crippen LogP contribution in [0.1, 0.15) is 17.5 Å². The van der Waals surface area contributed by atoms with Crippen LogP contribution in [0.5, 0.6) is 0 Å². The molecule has 0 bridgehead atoms. The van der Waals surface area contributed by atoms with E-state index < -0.39 is 0 Å². The Bertz CT molecular complexity index is 305. The largest absolute Gasteiger partial charge is 0.392 e. The molecule has 0 saturated carbocycles. The van der Waals surface area contributed by atoms with Crippen LogP contribution in [0, 0.1) is 11.8 Å². The molecule has 13 heavy (non-hydrogen) atoms. The molecule has 0 unspecified atom stereocenters. The molecule has 0 heterocycles. The maximum atomic E-state index is 8.80. The first-order chi connectivity index (χ1) is 6.36. The number of aliphatic hydroxyl groups excluding tert-OH is 1. The highest BCUT2D eigenvalue weighted by Crippen LogP contribution is 2.02. The van der Waals surface area contributed by atoms with Gasteiger partial charge in [0.05, 0.1) is 6.61 Å². The van der Waals surface area contributed by atoms with Crippen LogP contribution >= 0.6 is 15.9 Å². The van der Waals surface area contributed by atoms with E-state index in [4.69, 9.17) is 5.11 Å². The third-order valence-electron chi connectivity index (χ3n) is 1.59. The molecule has 1 nitrogen and oxygen atoms in total. The zero-order chi connectivity index (χ0) is 9.52. The molecule has 0 amide bonds.